The monoisotopic (exact) mass is 219 g/mol. The maximum Gasteiger partial charge on any atom is 0.117 e. The quantitative estimate of drug-likeness (QED) is 0.461. The molecule has 0 aliphatic carbocycles. The van der Waals surface area contributed by atoms with Crippen molar-refractivity contribution in [2.45, 2.75) is 0 Å². The van der Waals surface area contributed by atoms with Crippen LogP contribution in [-0.2, 0) is 0 Å². The summed E-state index contributed by atoms with van der Waals surface area (Å²) in [5, 5.41) is 3.57. The second-order valence-electron chi connectivity index (χ2n) is 4.08. The van der Waals surface area contributed by atoms with Crippen LogP contribution in [0, 0.1) is 0 Å². The zero-order valence-electron chi connectivity index (χ0n) is 9.01. The van der Waals surface area contributed by atoms with E-state index in [1.807, 2.05) is 18.3 Å². The molecule has 0 aliphatic rings. The number of rotatable bonds is 0. The Morgan fingerprint density at radius 3 is 2.47 bits per heavy atom. The first-order valence-corrected chi connectivity index (χ1v) is 5.53. The third kappa shape index (κ3) is 1.05. The molecule has 3 nitrogen and oxygen atoms in total. The van der Waals surface area contributed by atoms with E-state index in [2.05, 4.69) is 39.2 Å². The summed E-state index contributed by atoms with van der Waals surface area (Å²) in [4.78, 5) is 12.0. The molecule has 1 N–H and O–H groups in total. The smallest absolute Gasteiger partial charge is 0.117 e. The Kier molecular flexibility index (Phi) is 1.56. The third-order valence-electron chi connectivity index (χ3n) is 3.16. The molecular formula is C14H9N3. The number of hydrogen-bond acceptors (Lipinski definition) is 2. The predicted molar refractivity (Wildman–Crippen MR) is 68.9 cm³/mol. The standard InChI is InChI=1S/C14H9N3/c1-2-5-10-9(4-1)11-6-3-7-15-12(11)14-13(10)16-8-17-14/h1-8,15H. The fourth-order valence-electron chi connectivity index (χ4n) is 2.43. The minimum absolute atomic E-state index is 0.944. The van der Waals surface area contributed by atoms with Gasteiger partial charge in [0.15, 0.2) is 0 Å². The van der Waals surface area contributed by atoms with E-state index in [1.165, 1.54) is 10.8 Å². The number of hydrogen-bond donors (Lipinski definition) is 1. The molecular weight excluding hydrogens is 210 g/mol. The lowest BCUT2D eigenvalue weighted by atomic mass is 10.0. The van der Waals surface area contributed by atoms with Gasteiger partial charge in [0.1, 0.15) is 17.4 Å². The van der Waals surface area contributed by atoms with Crippen LogP contribution in [0.25, 0.3) is 32.7 Å². The minimum Gasteiger partial charge on any atom is -0.359 e. The zero-order valence-corrected chi connectivity index (χ0v) is 9.01. The Morgan fingerprint density at radius 2 is 1.53 bits per heavy atom. The summed E-state index contributed by atoms with van der Waals surface area (Å²) in [6, 6.07) is 12.4. The molecule has 17 heavy (non-hydrogen) atoms. The van der Waals surface area contributed by atoms with Crippen LogP contribution in [0.15, 0.2) is 48.9 Å². The minimum atomic E-state index is 0.944. The third-order valence-corrected chi connectivity index (χ3v) is 3.16. The van der Waals surface area contributed by atoms with Crippen LogP contribution in [0.2, 0.25) is 0 Å². The number of pyridine rings is 1. The largest absolute Gasteiger partial charge is 0.359 e. The van der Waals surface area contributed by atoms with Gasteiger partial charge < -0.3 is 4.98 Å². The van der Waals surface area contributed by atoms with E-state index in [0.29, 0.717) is 0 Å². The van der Waals surface area contributed by atoms with Crippen molar-refractivity contribution in [3.8, 4) is 0 Å². The van der Waals surface area contributed by atoms with Crippen LogP contribution in [0.3, 0.4) is 0 Å². The van der Waals surface area contributed by atoms with Gasteiger partial charge in [0.25, 0.3) is 0 Å². The summed E-state index contributed by atoms with van der Waals surface area (Å²) in [6.45, 7) is 0. The molecule has 0 amide bonds. The molecule has 2 aromatic heterocycles. The molecule has 2 aromatic carbocycles. The molecule has 0 spiro atoms. The molecule has 0 saturated heterocycles. The zero-order chi connectivity index (χ0) is 11.2. The maximum atomic E-state index is 4.37. The van der Waals surface area contributed by atoms with Gasteiger partial charge in [0.2, 0.25) is 0 Å². The maximum absolute atomic E-state index is 4.37. The number of imidazole rings is 1. The summed E-state index contributed by atoms with van der Waals surface area (Å²) in [5.74, 6) is 0. The van der Waals surface area contributed by atoms with Crippen molar-refractivity contribution in [1.29, 1.82) is 0 Å². The van der Waals surface area contributed by atoms with Gasteiger partial charge in [-0.3, -0.25) is 0 Å². The highest BCUT2D eigenvalue weighted by Gasteiger charge is 2.09. The van der Waals surface area contributed by atoms with Gasteiger partial charge in [-0.2, -0.15) is 0 Å². The van der Waals surface area contributed by atoms with Crippen LogP contribution in [-0.4, -0.2) is 15.0 Å². The van der Waals surface area contributed by atoms with E-state index < -0.39 is 0 Å². The molecule has 0 saturated carbocycles. The number of nitrogens with zero attached hydrogens (tertiary/aromatic N) is 2. The number of fused-ring (bicyclic) bond motifs is 6. The highest BCUT2D eigenvalue weighted by molar-refractivity contribution is 6.21. The van der Waals surface area contributed by atoms with Crippen molar-refractivity contribution in [3.05, 3.63) is 48.9 Å². The number of nitrogens with one attached hydrogen (secondary N) is 1. The molecule has 4 rings (SSSR count). The van der Waals surface area contributed by atoms with Crippen molar-refractivity contribution in [2.75, 3.05) is 0 Å². The average molecular weight is 219 g/mol. The SMILES string of the molecule is c1ccc2c(c1)c1ccc[nH]c1c1ncnc21. The van der Waals surface area contributed by atoms with Gasteiger partial charge in [0, 0.05) is 17.0 Å². The van der Waals surface area contributed by atoms with Crippen molar-refractivity contribution < 1.29 is 0 Å². The molecule has 80 valence electrons. The molecule has 2 heterocycles. The first kappa shape index (κ1) is 8.70. The summed E-state index contributed by atoms with van der Waals surface area (Å²) in [6.07, 6.45) is 3.54. The molecule has 3 heteroatoms. The predicted octanol–water partition coefficient (Wildman–Crippen LogP) is 3.26. The van der Waals surface area contributed by atoms with E-state index in [-0.39, 0.29) is 0 Å². The Hall–Kier alpha value is -2.42. The van der Waals surface area contributed by atoms with Crippen molar-refractivity contribution in [1.82, 2.24) is 15.0 Å². The summed E-state index contributed by atoms with van der Waals surface area (Å²) < 4.78 is 0. The van der Waals surface area contributed by atoms with Gasteiger partial charge in [-0.25, -0.2) is 9.97 Å². The topological polar surface area (TPSA) is 41.6 Å². The Morgan fingerprint density at radius 1 is 0.765 bits per heavy atom. The highest BCUT2D eigenvalue weighted by Crippen LogP contribution is 2.31. The molecule has 0 aliphatic heterocycles. The lowest BCUT2D eigenvalue weighted by molar-refractivity contribution is 1.34. The first-order valence-electron chi connectivity index (χ1n) is 5.53. The van der Waals surface area contributed by atoms with Crippen LogP contribution in [0.1, 0.15) is 0 Å². The van der Waals surface area contributed by atoms with Crippen LogP contribution >= 0.6 is 0 Å². The molecule has 0 bridgehead atoms. The molecule has 4 aromatic rings. The fraction of sp³-hybridized carbons (Fsp3) is 0. The first-order chi connectivity index (χ1) is 8.45. The van der Waals surface area contributed by atoms with E-state index in [9.17, 15) is 0 Å². The van der Waals surface area contributed by atoms with Crippen molar-refractivity contribution in [3.63, 3.8) is 0 Å². The van der Waals surface area contributed by atoms with Crippen LogP contribution < -0.4 is 0 Å². The van der Waals surface area contributed by atoms with Gasteiger partial charge in [-0.15, -0.1) is 0 Å². The van der Waals surface area contributed by atoms with E-state index in [0.717, 1.165) is 21.9 Å². The molecule has 0 atom stereocenters. The van der Waals surface area contributed by atoms with E-state index >= 15 is 0 Å². The number of aromatic amines is 1. The normalized spacial score (nSPS) is 11.5. The summed E-state index contributed by atoms with van der Waals surface area (Å²) >= 11 is 0. The van der Waals surface area contributed by atoms with Gasteiger partial charge >= 0.3 is 0 Å². The second kappa shape index (κ2) is 3.04. The van der Waals surface area contributed by atoms with E-state index in [1.54, 1.807) is 6.33 Å². The molecule has 0 radical (unpaired) electrons. The van der Waals surface area contributed by atoms with Gasteiger partial charge in [0.05, 0.1) is 5.52 Å². The average Bonchev–Trinajstić information content (AvgIpc) is 2.89. The van der Waals surface area contributed by atoms with Gasteiger partial charge in [-0.1, -0.05) is 30.3 Å². The number of aromatic nitrogens is 3. The second-order valence-corrected chi connectivity index (χ2v) is 4.08. The Labute approximate surface area is 97.1 Å². The molecule has 0 fully saturated rings. The number of benzene rings is 2. The van der Waals surface area contributed by atoms with Crippen molar-refractivity contribution in [2.24, 2.45) is 0 Å². The fourth-order valence-corrected chi connectivity index (χ4v) is 2.43. The van der Waals surface area contributed by atoms with Crippen LogP contribution in [0.5, 0.6) is 0 Å². The molecule has 0 unspecified atom stereocenters. The Balaban J connectivity index is 2.48. The number of H-pyrrole nitrogens is 1. The summed E-state index contributed by atoms with van der Waals surface area (Å²) in [5.41, 5.74) is 2.97. The summed E-state index contributed by atoms with van der Waals surface area (Å²) in [7, 11) is 0. The lowest BCUT2D eigenvalue weighted by Gasteiger charge is -2.04. The van der Waals surface area contributed by atoms with E-state index in [4.69, 9.17) is 0 Å². The lowest BCUT2D eigenvalue weighted by Crippen LogP contribution is -1.84. The van der Waals surface area contributed by atoms with Crippen molar-refractivity contribution >= 4 is 32.7 Å². The van der Waals surface area contributed by atoms with Gasteiger partial charge in [-0.05, 0) is 11.5 Å². The van der Waals surface area contributed by atoms with Crippen LogP contribution in [0.4, 0.5) is 0 Å². The highest BCUT2D eigenvalue weighted by atomic mass is 14.9. The Bertz CT molecular complexity index is 776.